The summed E-state index contributed by atoms with van der Waals surface area (Å²) in [6.45, 7) is 2.55. The topological polar surface area (TPSA) is 102 Å². The predicted octanol–water partition coefficient (Wildman–Crippen LogP) is 5.87. The van der Waals surface area contributed by atoms with Gasteiger partial charge >= 0.3 is 0 Å². The fraction of sp³-hybridized carbons (Fsp3) is 0.231. The van der Waals surface area contributed by atoms with Crippen molar-refractivity contribution in [3.05, 3.63) is 75.8 Å². The number of rotatable bonds is 5. The third kappa shape index (κ3) is 4.36. The summed E-state index contributed by atoms with van der Waals surface area (Å²) in [7, 11) is 0. The van der Waals surface area contributed by atoms with Crippen LogP contribution in [0.2, 0.25) is 10.0 Å². The highest BCUT2D eigenvalue weighted by atomic mass is 35.5. The second-order valence-electron chi connectivity index (χ2n) is 8.65. The van der Waals surface area contributed by atoms with Crippen LogP contribution in [-0.4, -0.2) is 40.1 Å². The number of β-amino-alcohol motifs (C(OH)–C–C–N with tert-alkyl or cyclic N) is 1. The third-order valence-electron chi connectivity index (χ3n) is 6.28. The van der Waals surface area contributed by atoms with Gasteiger partial charge in [-0.1, -0.05) is 35.3 Å². The van der Waals surface area contributed by atoms with Crippen molar-refractivity contribution in [1.29, 1.82) is 0 Å². The SMILES string of the molecule is C[C@@H](Oc1c(N)ncc2c(-c3ccc(C(=O)N4CCC(O)C4)cc3)coc12)c1c(Cl)ccc(F)c1Cl. The molecule has 5 rings (SSSR count). The number of carbonyl (C=O) groups is 1. The van der Waals surface area contributed by atoms with E-state index in [-0.39, 0.29) is 33.1 Å². The monoisotopic (exact) mass is 529 g/mol. The molecule has 7 nitrogen and oxygen atoms in total. The van der Waals surface area contributed by atoms with E-state index in [1.54, 1.807) is 36.4 Å². The minimum absolute atomic E-state index is 0.0904. The lowest BCUT2D eigenvalue weighted by Crippen LogP contribution is -2.29. The maximum absolute atomic E-state index is 14.0. The van der Waals surface area contributed by atoms with Crippen LogP contribution in [0.5, 0.6) is 5.75 Å². The molecule has 1 aliphatic heterocycles. The minimum atomic E-state index is -0.752. The Balaban J connectivity index is 1.45. The number of ether oxygens (including phenoxy) is 1. The first-order valence-electron chi connectivity index (χ1n) is 11.3. The molecule has 0 spiro atoms. The van der Waals surface area contributed by atoms with Crippen molar-refractivity contribution in [1.82, 2.24) is 9.88 Å². The number of nitrogens with two attached hydrogens (primary N) is 1. The zero-order valence-corrected chi connectivity index (χ0v) is 20.7. The third-order valence-corrected chi connectivity index (χ3v) is 6.99. The Bertz CT molecular complexity index is 1460. The van der Waals surface area contributed by atoms with Crippen LogP contribution in [0.4, 0.5) is 10.2 Å². The Morgan fingerprint density at radius 1 is 1.28 bits per heavy atom. The van der Waals surface area contributed by atoms with Crippen LogP contribution in [0, 0.1) is 5.82 Å². The molecular formula is C26H22Cl2FN3O4. The van der Waals surface area contributed by atoms with Crippen LogP contribution in [0.25, 0.3) is 22.1 Å². The second-order valence-corrected chi connectivity index (χ2v) is 9.44. The summed E-state index contributed by atoms with van der Waals surface area (Å²) in [6.07, 6.45) is 2.49. The Morgan fingerprint density at radius 3 is 2.72 bits per heavy atom. The standard InChI is InChI=1S/C26H22Cl2FN3O4/c1-13(21-19(27)6-7-20(29)22(21)28)36-24-23-17(10-31-25(24)30)18(12-35-23)14-2-4-15(5-3-14)26(34)32-9-8-16(33)11-32/h2-7,10,12-13,16,33H,8-9,11H2,1H3,(H2,30,31)/t13-,16?/m1/s1. The van der Waals surface area contributed by atoms with Gasteiger partial charge in [0, 0.05) is 41.0 Å². The van der Waals surface area contributed by atoms with Gasteiger partial charge in [0.05, 0.1) is 22.8 Å². The molecular weight excluding hydrogens is 508 g/mol. The summed E-state index contributed by atoms with van der Waals surface area (Å²) in [5, 5.41) is 10.5. The lowest BCUT2D eigenvalue weighted by atomic mass is 10.0. The second kappa shape index (κ2) is 9.61. The average Bonchev–Trinajstić information content (AvgIpc) is 3.50. The zero-order valence-electron chi connectivity index (χ0n) is 19.2. The molecule has 36 heavy (non-hydrogen) atoms. The first kappa shape index (κ1) is 24.4. The van der Waals surface area contributed by atoms with Crippen LogP contribution >= 0.6 is 23.2 Å². The fourth-order valence-electron chi connectivity index (χ4n) is 4.37. The minimum Gasteiger partial charge on any atom is -0.478 e. The van der Waals surface area contributed by atoms with Crippen molar-refractivity contribution >= 4 is 45.9 Å². The number of fused-ring (bicyclic) bond motifs is 1. The van der Waals surface area contributed by atoms with Crippen molar-refractivity contribution in [2.75, 3.05) is 18.8 Å². The number of furan rings is 1. The van der Waals surface area contributed by atoms with E-state index in [9.17, 15) is 14.3 Å². The van der Waals surface area contributed by atoms with Crippen molar-refractivity contribution < 1.29 is 23.4 Å². The van der Waals surface area contributed by atoms with Gasteiger partial charge in [-0.3, -0.25) is 4.79 Å². The molecule has 2 aromatic heterocycles. The number of amides is 1. The normalized spacial score (nSPS) is 16.5. The van der Waals surface area contributed by atoms with E-state index in [0.29, 0.717) is 36.0 Å². The van der Waals surface area contributed by atoms with Gasteiger partial charge in [0.2, 0.25) is 5.75 Å². The van der Waals surface area contributed by atoms with Crippen molar-refractivity contribution in [3.63, 3.8) is 0 Å². The van der Waals surface area contributed by atoms with E-state index in [4.69, 9.17) is 38.1 Å². The molecule has 10 heteroatoms. The summed E-state index contributed by atoms with van der Waals surface area (Å²) < 4.78 is 25.9. The van der Waals surface area contributed by atoms with Gasteiger partial charge in [0.1, 0.15) is 11.9 Å². The van der Waals surface area contributed by atoms with Gasteiger partial charge in [-0.25, -0.2) is 9.37 Å². The van der Waals surface area contributed by atoms with Crippen LogP contribution in [0.3, 0.4) is 0 Å². The molecule has 1 unspecified atom stereocenters. The Kier molecular flexibility index (Phi) is 6.51. The number of carbonyl (C=O) groups excluding carboxylic acids is 1. The molecule has 2 aromatic carbocycles. The van der Waals surface area contributed by atoms with Crippen molar-refractivity contribution in [2.24, 2.45) is 0 Å². The van der Waals surface area contributed by atoms with E-state index in [0.717, 1.165) is 11.1 Å². The van der Waals surface area contributed by atoms with Crippen molar-refractivity contribution in [2.45, 2.75) is 25.6 Å². The molecule has 0 aliphatic carbocycles. The summed E-state index contributed by atoms with van der Waals surface area (Å²) in [5.74, 6) is -0.461. The van der Waals surface area contributed by atoms with Gasteiger partial charge in [-0.15, -0.1) is 0 Å². The first-order chi connectivity index (χ1) is 17.2. The maximum Gasteiger partial charge on any atom is 0.253 e. The highest BCUT2D eigenvalue weighted by molar-refractivity contribution is 6.36. The molecule has 1 fully saturated rings. The van der Waals surface area contributed by atoms with E-state index in [1.807, 2.05) is 12.1 Å². The Morgan fingerprint density at radius 2 is 2.03 bits per heavy atom. The van der Waals surface area contributed by atoms with Gasteiger partial charge in [-0.05, 0) is 43.2 Å². The predicted molar refractivity (Wildman–Crippen MR) is 136 cm³/mol. The zero-order chi connectivity index (χ0) is 25.6. The number of pyridine rings is 1. The molecule has 0 bridgehead atoms. The molecule has 2 atom stereocenters. The molecule has 3 N–H and O–H groups in total. The number of halogens is 3. The van der Waals surface area contributed by atoms with Crippen LogP contribution in [0.15, 0.2) is 53.3 Å². The smallest absolute Gasteiger partial charge is 0.253 e. The number of aromatic nitrogens is 1. The summed E-state index contributed by atoms with van der Waals surface area (Å²) in [4.78, 5) is 18.6. The van der Waals surface area contributed by atoms with Gasteiger partial charge < -0.3 is 24.9 Å². The maximum atomic E-state index is 14.0. The Hall–Kier alpha value is -3.33. The number of nitrogens with zero attached hydrogens (tertiary/aromatic N) is 2. The van der Waals surface area contributed by atoms with Gasteiger partial charge in [-0.2, -0.15) is 0 Å². The van der Waals surface area contributed by atoms with Crippen molar-refractivity contribution in [3.8, 4) is 16.9 Å². The van der Waals surface area contributed by atoms with Crippen LogP contribution in [-0.2, 0) is 0 Å². The van der Waals surface area contributed by atoms with Gasteiger partial charge in [0.15, 0.2) is 11.4 Å². The average molecular weight is 530 g/mol. The lowest BCUT2D eigenvalue weighted by molar-refractivity contribution is 0.0765. The molecule has 3 heterocycles. The molecule has 0 radical (unpaired) electrons. The quantitative estimate of drug-likeness (QED) is 0.313. The number of anilines is 1. The fourth-order valence-corrected chi connectivity index (χ4v) is 5.05. The van der Waals surface area contributed by atoms with E-state index in [1.165, 1.54) is 12.1 Å². The number of hydrogen-bond donors (Lipinski definition) is 2. The van der Waals surface area contributed by atoms with Gasteiger partial charge in [0.25, 0.3) is 5.91 Å². The summed E-state index contributed by atoms with van der Waals surface area (Å²) in [6, 6.07) is 9.69. The molecule has 186 valence electrons. The molecule has 1 saturated heterocycles. The Labute approximate surface area is 216 Å². The number of likely N-dealkylation sites (tertiary alicyclic amines) is 1. The van der Waals surface area contributed by atoms with Crippen LogP contribution < -0.4 is 10.5 Å². The van der Waals surface area contributed by atoms with E-state index < -0.39 is 18.0 Å². The molecule has 1 aliphatic rings. The highest BCUT2D eigenvalue weighted by Gasteiger charge is 2.26. The number of nitrogen functional groups attached to an aromatic ring is 1. The first-order valence-corrected chi connectivity index (χ1v) is 12.0. The molecule has 0 saturated carbocycles. The highest BCUT2D eigenvalue weighted by Crippen LogP contribution is 2.41. The largest absolute Gasteiger partial charge is 0.478 e. The molecule has 4 aromatic rings. The number of benzene rings is 2. The molecule has 1 amide bonds. The lowest BCUT2D eigenvalue weighted by Gasteiger charge is -2.18. The van der Waals surface area contributed by atoms with E-state index >= 15 is 0 Å². The summed E-state index contributed by atoms with van der Waals surface area (Å²) in [5.41, 5.74) is 8.80. The summed E-state index contributed by atoms with van der Waals surface area (Å²) >= 11 is 12.4. The van der Waals surface area contributed by atoms with Crippen LogP contribution in [0.1, 0.15) is 35.4 Å². The number of hydrogen-bond acceptors (Lipinski definition) is 6. The number of aliphatic hydroxyl groups excluding tert-OH is 1. The number of aliphatic hydroxyl groups is 1. The van der Waals surface area contributed by atoms with E-state index in [2.05, 4.69) is 4.98 Å².